The molecule has 0 N–H and O–H groups in total. The second kappa shape index (κ2) is 5.86. The summed E-state index contributed by atoms with van der Waals surface area (Å²) in [4.78, 5) is 4.03. The Morgan fingerprint density at radius 2 is 2.19 bits per heavy atom. The van der Waals surface area contributed by atoms with Crippen LogP contribution in [0.1, 0.15) is 16.8 Å². The van der Waals surface area contributed by atoms with E-state index in [-0.39, 0.29) is 0 Å². The van der Waals surface area contributed by atoms with Crippen LogP contribution >= 0.6 is 11.6 Å². The Morgan fingerprint density at radius 3 is 2.76 bits per heavy atom. The van der Waals surface area contributed by atoms with Crippen LogP contribution in [0, 0.1) is 19.3 Å². The van der Waals surface area contributed by atoms with Crippen LogP contribution in [-0.4, -0.2) is 23.6 Å². The highest BCUT2D eigenvalue weighted by atomic mass is 35.5. The number of rotatable bonds is 4. The maximum atomic E-state index is 6.09. The second-order valence-corrected chi connectivity index (χ2v) is 4.77. The Bertz CT molecular complexity index is 769. The fraction of sp³-hybridized carbons (Fsp3) is 0.125. The zero-order chi connectivity index (χ0) is 15.6. The van der Waals surface area contributed by atoms with Gasteiger partial charge in [0.1, 0.15) is 11.5 Å². The Labute approximate surface area is 128 Å². The van der Waals surface area contributed by atoms with E-state index < -0.39 is 0 Å². The monoisotopic (exact) mass is 299 g/mol. The summed E-state index contributed by atoms with van der Waals surface area (Å²) in [6, 6.07) is 5.26. The summed E-state index contributed by atoms with van der Waals surface area (Å²) in [6.07, 6.45) is 5.43. The van der Waals surface area contributed by atoms with Crippen LogP contribution in [0.4, 0.5) is 5.82 Å². The average Bonchev–Trinajstić information content (AvgIpc) is 2.82. The van der Waals surface area contributed by atoms with Gasteiger partial charge < -0.3 is 4.74 Å². The highest BCUT2D eigenvalue weighted by Gasteiger charge is 2.17. The molecule has 0 radical (unpaired) electrons. The summed E-state index contributed by atoms with van der Waals surface area (Å²) in [5.74, 6) is 3.60. The quantitative estimate of drug-likeness (QED) is 0.490. The number of hydrogen-bond acceptors (Lipinski definition) is 3. The first kappa shape index (κ1) is 14.9. The van der Waals surface area contributed by atoms with Crippen molar-refractivity contribution in [1.29, 1.82) is 0 Å². The van der Waals surface area contributed by atoms with Gasteiger partial charge in [0.05, 0.1) is 12.8 Å². The minimum atomic E-state index is 0.454. The molecule has 106 valence electrons. The molecule has 0 bridgehead atoms. The normalized spacial score (nSPS) is 10.0. The number of halogens is 1. The van der Waals surface area contributed by atoms with Crippen LogP contribution < -0.4 is 0 Å². The van der Waals surface area contributed by atoms with Gasteiger partial charge in [-0.15, -0.1) is 6.42 Å². The molecule has 0 spiro atoms. The van der Waals surface area contributed by atoms with Gasteiger partial charge in [0.25, 0.3) is 0 Å². The first-order chi connectivity index (χ1) is 10.0. The number of ether oxygens (including phenoxy) is 1. The van der Waals surface area contributed by atoms with E-state index in [4.69, 9.17) is 22.8 Å². The number of nitrogens with zero attached hydrogens (tertiary/aromatic N) is 3. The molecule has 5 heteroatoms. The standard InChI is InChI=1S/C16H14ClN3O/c1-6-12-7-13(17)9-14(8-12)20-16(18-4)10(2)15(19-20)11(3)21-5/h1,7-9H,3-4H2,2,5H3. The van der Waals surface area contributed by atoms with E-state index in [9.17, 15) is 0 Å². The van der Waals surface area contributed by atoms with Crippen LogP contribution in [-0.2, 0) is 4.74 Å². The summed E-state index contributed by atoms with van der Waals surface area (Å²) in [5, 5.41) is 4.99. The number of benzene rings is 1. The van der Waals surface area contributed by atoms with Gasteiger partial charge in [-0.25, -0.2) is 9.67 Å². The molecule has 2 aromatic rings. The molecule has 0 aliphatic heterocycles. The summed E-state index contributed by atoms with van der Waals surface area (Å²) in [5.41, 5.74) is 2.80. The van der Waals surface area contributed by atoms with Gasteiger partial charge >= 0.3 is 0 Å². The number of aromatic nitrogens is 2. The zero-order valence-corrected chi connectivity index (χ0v) is 12.6. The second-order valence-electron chi connectivity index (χ2n) is 4.34. The SMILES string of the molecule is C#Cc1cc(Cl)cc(-n2nc(C(=C)OC)c(C)c2N=C)c1. The topological polar surface area (TPSA) is 39.4 Å². The van der Waals surface area contributed by atoms with Gasteiger partial charge in [-0.3, -0.25) is 0 Å². The first-order valence-corrected chi connectivity index (χ1v) is 6.46. The highest BCUT2D eigenvalue weighted by Crippen LogP contribution is 2.30. The van der Waals surface area contributed by atoms with Crippen LogP contribution in [0.3, 0.4) is 0 Å². The molecule has 4 nitrogen and oxygen atoms in total. The number of terminal acetylenes is 1. The van der Waals surface area contributed by atoms with E-state index >= 15 is 0 Å². The van der Waals surface area contributed by atoms with E-state index in [1.165, 1.54) is 7.11 Å². The van der Waals surface area contributed by atoms with Crippen LogP contribution in [0.5, 0.6) is 0 Å². The van der Waals surface area contributed by atoms with Crippen LogP contribution in [0.25, 0.3) is 11.4 Å². The number of aliphatic imine (C=N–C) groups is 1. The molecular formula is C16H14ClN3O. The van der Waals surface area contributed by atoms with Gasteiger partial charge in [-0.2, -0.15) is 5.10 Å². The Balaban J connectivity index is 2.70. The summed E-state index contributed by atoms with van der Waals surface area (Å²) >= 11 is 6.09. The summed E-state index contributed by atoms with van der Waals surface area (Å²) < 4.78 is 6.76. The van der Waals surface area contributed by atoms with Crippen LogP contribution in [0.2, 0.25) is 5.02 Å². The van der Waals surface area contributed by atoms with Crippen molar-refractivity contribution in [1.82, 2.24) is 9.78 Å². The van der Waals surface area contributed by atoms with Gasteiger partial charge in [0.15, 0.2) is 5.82 Å². The predicted molar refractivity (Wildman–Crippen MR) is 86.5 cm³/mol. The molecule has 0 fully saturated rings. The smallest absolute Gasteiger partial charge is 0.158 e. The van der Waals surface area contributed by atoms with Crippen molar-refractivity contribution in [3.05, 3.63) is 46.6 Å². The summed E-state index contributed by atoms with van der Waals surface area (Å²) in [7, 11) is 1.54. The molecule has 21 heavy (non-hydrogen) atoms. The summed E-state index contributed by atoms with van der Waals surface area (Å²) in [6.45, 7) is 9.28. The van der Waals surface area contributed by atoms with E-state index in [0.29, 0.717) is 33.5 Å². The van der Waals surface area contributed by atoms with Crippen molar-refractivity contribution in [2.75, 3.05) is 7.11 Å². The predicted octanol–water partition coefficient (Wildman–Crippen LogP) is 3.76. The third-order valence-corrected chi connectivity index (χ3v) is 3.26. The lowest BCUT2D eigenvalue weighted by Gasteiger charge is -2.06. The van der Waals surface area contributed by atoms with Crippen LogP contribution in [0.15, 0.2) is 29.8 Å². The molecule has 0 unspecified atom stereocenters. The number of methoxy groups -OCH3 is 1. The Hall–Kier alpha value is -2.51. The van der Waals surface area contributed by atoms with Crippen molar-refractivity contribution in [3.63, 3.8) is 0 Å². The van der Waals surface area contributed by atoms with E-state index in [2.05, 4.69) is 29.3 Å². The third kappa shape index (κ3) is 2.69. The molecule has 0 saturated carbocycles. The molecule has 0 amide bonds. The van der Waals surface area contributed by atoms with Gasteiger partial charge in [-0.05, 0) is 31.8 Å². The van der Waals surface area contributed by atoms with E-state index in [1.807, 2.05) is 6.92 Å². The molecule has 0 atom stereocenters. The molecule has 2 rings (SSSR count). The Morgan fingerprint density at radius 1 is 1.48 bits per heavy atom. The fourth-order valence-corrected chi connectivity index (χ4v) is 2.22. The molecule has 1 aromatic carbocycles. The van der Waals surface area contributed by atoms with Gasteiger partial charge in [0.2, 0.25) is 0 Å². The third-order valence-electron chi connectivity index (χ3n) is 3.05. The number of hydrogen-bond donors (Lipinski definition) is 0. The Kier molecular flexibility index (Phi) is 4.15. The van der Waals surface area contributed by atoms with Crippen molar-refractivity contribution in [2.24, 2.45) is 4.99 Å². The molecule has 1 heterocycles. The van der Waals surface area contributed by atoms with Gasteiger partial charge in [-0.1, -0.05) is 24.1 Å². The fourth-order valence-electron chi connectivity index (χ4n) is 1.99. The van der Waals surface area contributed by atoms with Crippen molar-refractivity contribution in [2.45, 2.75) is 6.92 Å². The largest absolute Gasteiger partial charge is 0.495 e. The van der Waals surface area contributed by atoms with Gasteiger partial charge in [0, 0.05) is 16.1 Å². The van der Waals surface area contributed by atoms with Crippen molar-refractivity contribution >= 4 is 29.9 Å². The molecule has 0 saturated heterocycles. The lowest BCUT2D eigenvalue weighted by molar-refractivity contribution is 0.369. The zero-order valence-electron chi connectivity index (χ0n) is 11.9. The average molecular weight is 300 g/mol. The highest BCUT2D eigenvalue weighted by molar-refractivity contribution is 6.30. The molecule has 0 aliphatic rings. The minimum absolute atomic E-state index is 0.454. The lowest BCUT2D eigenvalue weighted by atomic mass is 10.2. The molecular weight excluding hydrogens is 286 g/mol. The molecule has 0 aliphatic carbocycles. The van der Waals surface area contributed by atoms with Crippen molar-refractivity contribution < 1.29 is 4.74 Å². The molecule has 1 aromatic heterocycles. The first-order valence-electron chi connectivity index (χ1n) is 6.09. The minimum Gasteiger partial charge on any atom is -0.495 e. The maximum Gasteiger partial charge on any atom is 0.158 e. The van der Waals surface area contributed by atoms with E-state index in [0.717, 1.165) is 5.56 Å². The lowest BCUT2D eigenvalue weighted by Crippen LogP contribution is -1.98. The van der Waals surface area contributed by atoms with E-state index in [1.54, 1.807) is 22.9 Å². The maximum absolute atomic E-state index is 6.09. The van der Waals surface area contributed by atoms with Crippen molar-refractivity contribution in [3.8, 4) is 18.0 Å².